The predicted molar refractivity (Wildman–Crippen MR) is 69.9 cm³/mol. The number of fused-ring (bicyclic) bond motifs is 1. The van der Waals surface area contributed by atoms with E-state index < -0.39 is 0 Å². The second kappa shape index (κ2) is 3.57. The van der Waals surface area contributed by atoms with Crippen LogP contribution < -0.4 is 5.73 Å². The zero-order valence-corrected chi connectivity index (χ0v) is 10.5. The molecule has 1 heterocycles. The van der Waals surface area contributed by atoms with Gasteiger partial charge >= 0.3 is 0 Å². The molecule has 2 N–H and O–H groups in total. The number of imidazole rings is 1. The Morgan fingerprint density at radius 2 is 2.18 bits per heavy atom. The molecule has 0 aliphatic heterocycles. The van der Waals surface area contributed by atoms with Gasteiger partial charge in [-0.05, 0) is 25.0 Å². The van der Waals surface area contributed by atoms with E-state index in [1.165, 1.54) is 11.9 Å². The highest BCUT2D eigenvalue weighted by Gasteiger charge is 2.41. The van der Waals surface area contributed by atoms with Crippen LogP contribution in [-0.2, 0) is 12.5 Å². The van der Waals surface area contributed by atoms with Crippen molar-refractivity contribution in [3.8, 4) is 0 Å². The lowest BCUT2D eigenvalue weighted by Gasteiger charge is -2.28. The maximum Gasteiger partial charge on any atom is 0.117 e. The van der Waals surface area contributed by atoms with Gasteiger partial charge in [0.05, 0.1) is 11.0 Å². The second-order valence-corrected chi connectivity index (χ2v) is 5.40. The molecule has 90 valence electrons. The van der Waals surface area contributed by atoms with Crippen LogP contribution in [0.5, 0.6) is 0 Å². The summed E-state index contributed by atoms with van der Waals surface area (Å²) in [6.07, 6.45) is 3.46. The van der Waals surface area contributed by atoms with Gasteiger partial charge in [-0.1, -0.05) is 25.5 Å². The molecule has 1 saturated carbocycles. The average molecular weight is 229 g/mol. The molecule has 1 aliphatic carbocycles. The molecule has 1 aromatic heterocycles. The van der Waals surface area contributed by atoms with Crippen molar-refractivity contribution in [3.63, 3.8) is 0 Å². The molecule has 1 fully saturated rings. The highest BCUT2D eigenvalue weighted by molar-refractivity contribution is 5.76. The number of para-hydroxylation sites is 2. The summed E-state index contributed by atoms with van der Waals surface area (Å²) >= 11 is 0. The molecular weight excluding hydrogens is 210 g/mol. The van der Waals surface area contributed by atoms with E-state index in [4.69, 9.17) is 10.7 Å². The fraction of sp³-hybridized carbons (Fsp3) is 0.500. The maximum atomic E-state index is 6.28. The molecule has 3 heteroatoms. The minimum Gasteiger partial charge on any atom is -0.331 e. The minimum absolute atomic E-state index is 0.0355. The van der Waals surface area contributed by atoms with Crippen molar-refractivity contribution < 1.29 is 0 Å². The van der Waals surface area contributed by atoms with Crippen molar-refractivity contribution in [1.82, 2.24) is 9.55 Å². The molecule has 17 heavy (non-hydrogen) atoms. The first-order valence-corrected chi connectivity index (χ1v) is 6.30. The van der Waals surface area contributed by atoms with Gasteiger partial charge in [0.2, 0.25) is 0 Å². The third-order valence-electron chi connectivity index (χ3n) is 4.33. The fourth-order valence-electron chi connectivity index (χ4n) is 3.13. The van der Waals surface area contributed by atoms with Crippen LogP contribution in [0.1, 0.15) is 32.0 Å². The standard InChI is InChI=1S/C14H19N3/c1-14(9-5-8-12(14)15)13-16-10-6-3-4-7-11(10)17(13)2/h3-4,6-7,12H,5,8-9,15H2,1-2H3. The van der Waals surface area contributed by atoms with Crippen LogP contribution in [0, 0.1) is 0 Å². The number of benzene rings is 1. The molecule has 0 saturated heterocycles. The summed E-state index contributed by atoms with van der Waals surface area (Å²) in [5.74, 6) is 1.14. The zero-order valence-electron chi connectivity index (χ0n) is 10.5. The molecule has 2 atom stereocenters. The van der Waals surface area contributed by atoms with E-state index in [0.29, 0.717) is 0 Å². The molecule has 0 radical (unpaired) electrons. The quantitative estimate of drug-likeness (QED) is 0.815. The number of rotatable bonds is 1. The molecule has 2 unspecified atom stereocenters. The van der Waals surface area contributed by atoms with Crippen molar-refractivity contribution in [2.24, 2.45) is 12.8 Å². The third kappa shape index (κ3) is 1.42. The van der Waals surface area contributed by atoms with Crippen LogP contribution in [-0.4, -0.2) is 15.6 Å². The van der Waals surface area contributed by atoms with E-state index in [2.05, 4.69) is 36.7 Å². The van der Waals surface area contributed by atoms with E-state index in [1.807, 2.05) is 6.07 Å². The summed E-state index contributed by atoms with van der Waals surface area (Å²) in [4.78, 5) is 4.80. The predicted octanol–water partition coefficient (Wildman–Crippen LogP) is 2.34. The third-order valence-corrected chi connectivity index (χ3v) is 4.33. The number of nitrogens with zero attached hydrogens (tertiary/aromatic N) is 2. The molecule has 1 aliphatic rings. The van der Waals surface area contributed by atoms with Gasteiger partial charge in [-0.25, -0.2) is 4.98 Å². The fourth-order valence-corrected chi connectivity index (χ4v) is 3.13. The van der Waals surface area contributed by atoms with Gasteiger partial charge in [-0.2, -0.15) is 0 Å². The molecular formula is C14H19N3. The van der Waals surface area contributed by atoms with Crippen LogP contribution in [0.4, 0.5) is 0 Å². The maximum absolute atomic E-state index is 6.28. The Morgan fingerprint density at radius 1 is 1.41 bits per heavy atom. The molecule has 0 spiro atoms. The van der Waals surface area contributed by atoms with Gasteiger partial charge < -0.3 is 10.3 Å². The lowest BCUT2D eigenvalue weighted by Crippen LogP contribution is -2.40. The Labute approximate surface area is 102 Å². The SMILES string of the molecule is Cn1c(C2(C)CCCC2N)nc2ccccc21. The Hall–Kier alpha value is -1.35. The first-order valence-electron chi connectivity index (χ1n) is 6.30. The van der Waals surface area contributed by atoms with Crippen LogP contribution in [0.25, 0.3) is 11.0 Å². The normalized spacial score (nSPS) is 29.0. The summed E-state index contributed by atoms with van der Waals surface area (Å²) < 4.78 is 2.21. The van der Waals surface area contributed by atoms with Gasteiger partial charge in [0, 0.05) is 18.5 Å². The van der Waals surface area contributed by atoms with Crippen LogP contribution in [0.15, 0.2) is 24.3 Å². The highest BCUT2D eigenvalue weighted by Crippen LogP contribution is 2.39. The van der Waals surface area contributed by atoms with Crippen molar-refractivity contribution >= 4 is 11.0 Å². The lowest BCUT2D eigenvalue weighted by molar-refractivity contribution is 0.395. The van der Waals surface area contributed by atoms with Gasteiger partial charge in [0.25, 0.3) is 0 Å². The Bertz CT molecular complexity index is 558. The van der Waals surface area contributed by atoms with Crippen molar-refractivity contribution in [2.75, 3.05) is 0 Å². The molecule has 3 nitrogen and oxygen atoms in total. The van der Waals surface area contributed by atoms with Gasteiger partial charge in [0.1, 0.15) is 5.82 Å². The molecule has 2 aromatic rings. The number of aromatic nitrogens is 2. The summed E-state index contributed by atoms with van der Waals surface area (Å²) in [5, 5.41) is 0. The first kappa shape index (κ1) is 10.8. The van der Waals surface area contributed by atoms with Crippen molar-refractivity contribution in [3.05, 3.63) is 30.1 Å². The number of aryl methyl sites for hydroxylation is 1. The topological polar surface area (TPSA) is 43.8 Å². The molecule has 1 aromatic carbocycles. The van der Waals surface area contributed by atoms with E-state index in [1.54, 1.807) is 0 Å². The van der Waals surface area contributed by atoms with Gasteiger partial charge in [-0.3, -0.25) is 0 Å². The highest BCUT2D eigenvalue weighted by atomic mass is 15.1. The van der Waals surface area contributed by atoms with Gasteiger partial charge in [-0.15, -0.1) is 0 Å². The smallest absolute Gasteiger partial charge is 0.117 e. The summed E-state index contributed by atoms with van der Waals surface area (Å²) in [7, 11) is 2.10. The van der Waals surface area contributed by atoms with Crippen molar-refractivity contribution in [2.45, 2.75) is 37.6 Å². The molecule has 3 rings (SSSR count). The van der Waals surface area contributed by atoms with Crippen LogP contribution >= 0.6 is 0 Å². The first-order chi connectivity index (χ1) is 8.13. The molecule has 0 amide bonds. The average Bonchev–Trinajstić information content (AvgIpc) is 2.83. The van der Waals surface area contributed by atoms with Crippen LogP contribution in [0.2, 0.25) is 0 Å². The number of hydrogen-bond acceptors (Lipinski definition) is 2. The monoisotopic (exact) mass is 229 g/mol. The second-order valence-electron chi connectivity index (χ2n) is 5.40. The summed E-state index contributed by atoms with van der Waals surface area (Å²) in [6.45, 7) is 2.26. The Balaban J connectivity index is 2.21. The van der Waals surface area contributed by atoms with E-state index in [0.717, 1.165) is 24.2 Å². The number of hydrogen-bond donors (Lipinski definition) is 1. The van der Waals surface area contributed by atoms with Gasteiger partial charge in [0.15, 0.2) is 0 Å². The Morgan fingerprint density at radius 3 is 2.82 bits per heavy atom. The number of nitrogens with two attached hydrogens (primary N) is 1. The van der Waals surface area contributed by atoms with E-state index >= 15 is 0 Å². The summed E-state index contributed by atoms with van der Waals surface area (Å²) in [6, 6.07) is 8.53. The molecule has 0 bridgehead atoms. The van der Waals surface area contributed by atoms with Crippen molar-refractivity contribution in [1.29, 1.82) is 0 Å². The summed E-state index contributed by atoms with van der Waals surface area (Å²) in [5.41, 5.74) is 8.59. The van der Waals surface area contributed by atoms with E-state index in [-0.39, 0.29) is 11.5 Å². The minimum atomic E-state index is 0.0355. The largest absolute Gasteiger partial charge is 0.331 e. The van der Waals surface area contributed by atoms with Crippen LogP contribution in [0.3, 0.4) is 0 Å². The lowest BCUT2D eigenvalue weighted by atomic mass is 9.84. The Kier molecular flexibility index (Phi) is 2.26. The zero-order chi connectivity index (χ0) is 12.0. The van der Waals surface area contributed by atoms with E-state index in [9.17, 15) is 0 Å².